The Morgan fingerprint density at radius 1 is 1.26 bits per heavy atom. The van der Waals surface area contributed by atoms with Gasteiger partial charge in [-0.05, 0) is 44.4 Å². The number of anilines is 1. The van der Waals surface area contributed by atoms with Gasteiger partial charge in [0.15, 0.2) is 0 Å². The highest BCUT2D eigenvalue weighted by Crippen LogP contribution is 2.27. The first-order valence-corrected chi connectivity index (χ1v) is 6.74. The molecule has 104 valence electrons. The first-order chi connectivity index (χ1) is 8.91. The number of aliphatic hydroxyl groups is 1. The summed E-state index contributed by atoms with van der Waals surface area (Å²) in [4.78, 5) is 14.5. The molecule has 0 atom stereocenters. The average Bonchev–Trinajstić information content (AvgIpc) is 2.39. The van der Waals surface area contributed by atoms with E-state index in [2.05, 4.69) is 0 Å². The van der Waals surface area contributed by atoms with Crippen molar-refractivity contribution in [2.75, 3.05) is 18.8 Å². The van der Waals surface area contributed by atoms with Gasteiger partial charge in [0.2, 0.25) is 5.91 Å². The molecule has 1 aromatic rings. The number of hydrogen-bond acceptors (Lipinski definition) is 3. The molecule has 0 spiro atoms. The molecule has 0 radical (unpaired) electrons. The van der Waals surface area contributed by atoms with Crippen LogP contribution in [0.3, 0.4) is 0 Å². The molecule has 0 saturated carbocycles. The minimum Gasteiger partial charge on any atom is -0.399 e. The second-order valence-electron chi connectivity index (χ2n) is 5.77. The highest BCUT2D eigenvalue weighted by molar-refractivity contribution is 5.87. The van der Waals surface area contributed by atoms with Crippen LogP contribution in [0.15, 0.2) is 24.3 Å². The topological polar surface area (TPSA) is 66.6 Å². The second-order valence-corrected chi connectivity index (χ2v) is 5.77. The Hall–Kier alpha value is -1.55. The van der Waals surface area contributed by atoms with Gasteiger partial charge in [0.1, 0.15) is 0 Å². The third-order valence-corrected chi connectivity index (χ3v) is 3.92. The number of benzene rings is 1. The number of nitrogen functional groups attached to an aromatic ring is 1. The van der Waals surface area contributed by atoms with E-state index in [1.165, 1.54) is 0 Å². The predicted molar refractivity (Wildman–Crippen MR) is 75.7 cm³/mol. The number of rotatable bonds is 2. The quantitative estimate of drug-likeness (QED) is 0.794. The Morgan fingerprint density at radius 2 is 1.79 bits per heavy atom. The number of amides is 1. The van der Waals surface area contributed by atoms with Crippen molar-refractivity contribution < 1.29 is 9.90 Å². The van der Waals surface area contributed by atoms with Crippen molar-refractivity contribution in [1.29, 1.82) is 0 Å². The summed E-state index contributed by atoms with van der Waals surface area (Å²) in [5, 5.41) is 9.51. The zero-order chi connectivity index (χ0) is 14.0. The van der Waals surface area contributed by atoms with Gasteiger partial charge in [-0.15, -0.1) is 0 Å². The van der Waals surface area contributed by atoms with Crippen LogP contribution in [0.1, 0.15) is 32.3 Å². The fraction of sp³-hybridized carbons (Fsp3) is 0.533. The average molecular weight is 262 g/mol. The van der Waals surface area contributed by atoms with Gasteiger partial charge in [0.05, 0.1) is 11.5 Å². The maximum atomic E-state index is 12.6. The van der Waals surface area contributed by atoms with Gasteiger partial charge in [0.25, 0.3) is 0 Å². The van der Waals surface area contributed by atoms with E-state index >= 15 is 0 Å². The summed E-state index contributed by atoms with van der Waals surface area (Å²) < 4.78 is 0. The zero-order valence-electron chi connectivity index (χ0n) is 11.6. The Kier molecular flexibility index (Phi) is 3.80. The summed E-state index contributed by atoms with van der Waals surface area (Å²) in [6, 6.07) is 7.46. The van der Waals surface area contributed by atoms with Crippen molar-refractivity contribution in [3.8, 4) is 0 Å². The summed E-state index contributed by atoms with van der Waals surface area (Å²) in [7, 11) is 0. The molecule has 1 aliphatic rings. The SMILES string of the molecule is CC(C)(C(=O)N1CCC(O)CC1)c1ccc(N)cc1. The van der Waals surface area contributed by atoms with Crippen LogP contribution in [-0.2, 0) is 10.2 Å². The fourth-order valence-corrected chi connectivity index (χ4v) is 2.49. The maximum absolute atomic E-state index is 12.6. The van der Waals surface area contributed by atoms with Crippen LogP contribution in [0.2, 0.25) is 0 Å². The van der Waals surface area contributed by atoms with Gasteiger partial charge >= 0.3 is 0 Å². The molecule has 1 aliphatic heterocycles. The maximum Gasteiger partial charge on any atom is 0.232 e. The van der Waals surface area contributed by atoms with Gasteiger partial charge in [-0.3, -0.25) is 4.79 Å². The number of carbonyl (C=O) groups excluding carboxylic acids is 1. The Morgan fingerprint density at radius 3 is 2.32 bits per heavy atom. The minimum atomic E-state index is -0.560. The summed E-state index contributed by atoms with van der Waals surface area (Å²) in [5.74, 6) is 0.115. The van der Waals surface area contributed by atoms with Crippen LogP contribution in [0, 0.1) is 0 Å². The number of nitrogens with zero attached hydrogens (tertiary/aromatic N) is 1. The van der Waals surface area contributed by atoms with Crippen LogP contribution in [0.4, 0.5) is 5.69 Å². The molecule has 1 heterocycles. The standard InChI is InChI=1S/C15H22N2O2/c1-15(2,11-3-5-12(16)6-4-11)14(19)17-9-7-13(18)8-10-17/h3-6,13,18H,7-10,16H2,1-2H3. The van der Waals surface area contributed by atoms with E-state index in [9.17, 15) is 9.90 Å². The smallest absolute Gasteiger partial charge is 0.232 e. The Bertz CT molecular complexity index is 446. The third-order valence-electron chi connectivity index (χ3n) is 3.92. The van der Waals surface area contributed by atoms with Crippen molar-refractivity contribution in [3.63, 3.8) is 0 Å². The molecule has 0 aliphatic carbocycles. The van der Waals surface area contributed by atoms with E-state index < -0.39 is 5.41 Å². The van der Waals surface area contributed by atoms with Crippen LogP contribution in [0.5, 0.6) is 0 Å². The number of aliphatic hydroxyl groups excluding tert-OH is 1. The molecule has 4 nitrogen and oxygen atoms in total. The fourth-order valence-electron chi connectivity index (χ4n) is 2.49. The Labute approximate surface area is 114 Å². The highest BCUT2D eigenvalue weighted by Gasteiger charge is 2.35. The van der Waals surface area contributed by atoms with E-state index in [0.29, 0.717) is 31.6 Å². The number of piperidine rings is 1. The predicted octanol–water partition coefficient (Wildman–Crippen LogP) is 1.53. The lowest BCUT2D eigenvalue weighted by atomic mass is 9.82. The molecular weight excluding hydrogens is 240 g/mol. The molecule has 0 unspecified atom stereocenters. The first kappa shape index (κ1) is 13.9. The number of likely N-dealkylation sites (tertiary alicyclic amines) is 1. The van der Waals surface area contributed by atoms with Crippen LogP contribution >= 0.6 is 0 Å². The lowest BCUT2D eigenvalue weighted by Gasteiger charge is -2.36. The number of carbonyl (C=O) groups is 1. The van der Waals surface area contributed by atoms with E-state index in [1.54, 1.807) is 0 Å². The van der Waals surface area contributed by atoms with E-state index in [-0.39, 0.29) is 12.0 Å². The van der Waals surface area contributed by atoms with Crippen molar-refractivity contribution in [2.45, 2.75) is 38.2 Å². The molecule has 2 rings (SSSR count). The van der Waals surface area contributed by atoms with Gasteiger partial charge in [-0.1, -0.05) is 12.1 Å². The molecule has 1 amide bonds. The largest absolute Gasteiger partial charge is 0.399 e. The minimum absolute atomic E-state index is 0.115. The summed E-state index contributed by atoms with van der Waals surface area (Å²) in [5.41, 5.74) is 6.79. The molecule has 4 heteroatoms. The monoisotopic (exact) mass is 262 g/mol. The van der Waals surface area contributed by atoms with Crippen molar-refractivity contribution >= 4 is 11.6 Å². The molecule has 0 bridgehead atoms. The van der Waals surface area contributed by atoms with E-state index in [4.69, 9.17) is 5.73 Å². The summed E-state index contributed by atoms with van der Waals surface area (Å²) in [6.07, 6.45) is 1.08. The number of nitrogens with two attached hydrogens (primary N) is 1. The van der Waals surface area contributed by atoms with Crippen molar-refractivity contribution in [3.05, 3.63) is 29.8 Å². The van der Waals surface area contributed by atoms with Crippen LogP contribution in [0.25, 0.3) is 0 Å². The molecule has 19 heavy (non-hydrogen) atoms. The van der Waals surface area contributed by atoms with Gasteiger partial charge in [-0.2, -0.15) is 0 Å². The molecule has 1 aromatic carbocycles. The summed E-state index contributed by atoms with van der Waals surface area (Å²) in [6.45, 7) is 5.15. The van der Waals surface area contributed by atoms with E-state index in [1.807, 2.05) is 43.0 Å². The van der Waals surface area contributed by atoms with E-state index in [0.717, 1.165) is 5.56 Å². The molecule has 1 fully saturated rings. The summed E-state index contributed by atoms with van der Waals surface area (Å²) >= 11 is 0. The van der Waals surface area contributed by atoms with Crippen LogP contribution in [-0.4, -0.2) is 35.1 Å². The molecule has 0 aromatic heterocycles. The van der Waals surface area contributed by atoms with Gasteiger partial charge in [-0.25, -0.2) is 0 Å². The van der Waals surface area contributed by atoms with Crippen LogP contribution < -0.4 is 5.73 Å². The first-order valence-electron chi connectivity index (χ1n) is 6.74. The van der Waals surface area contributed by atoms with Gasteiger partial charge in [0, 0.05) is 18.8 Å². The van der Waals surface area contributed by atoms with Crippen molar-refractivity contribution in [2.24, 2.45) is 0 Å². The number of hydrogen-bond donors (Lipinski definition) is 2. The zero-order valence-corrected chi connectivity index (χ0v) is 11.6. The molecular formula is C15H22N2O2. The lowest BCUT2D eigenvalue weighted by molar-refractivity contribution is -0.138. The normalized spacial score (nSPS) is 17.5. The van der Waals surface area contributed by atoms with Gasteiger partial charge < -0.3 is 15.7 Å². The second kappa shape index (κ2) is 5.21. The lowest BCUT2D eigenvalue weighted by Crippen LogP contribution is -2.47. The molecule has 1 saturated heterocycles. The highest BCUT2D eigenvalue weighted by atomic mass is 16.3. The third kappa shape index (κ3) is 2.89. The Balaban J connectivity index is 2.14. The van der Waals surface area contributed by atoms with Crippen molar-refractivity contribution in [1.82, 2.24) is 4.90 Å². The molecule has 3 N–H and O–H groups in total.